The molecule has 0 spiro atoms. The number of hydrogen-bond donors (Lipinski definition) is 1. The Bertz CT molecular complexity index is 527. The number of benzene rings is 1. The number of rotatable bonds is 6. The van der Waals surface area contributed by atoms with Gasteiger partial charge in [0.25, 0.3) is 6.43 Å². The van der Waals surface area contributed by atoms with Crippen LogP contribution in [0.1, 0.15) is 24.5 Å². The minimum Gasteiger partial charge on any atom is -0.478 e. The van der Waals surface area contributed by atoms with Crippen molar-refractivity contribution in [1.82, 2.24) is 4.98 Å². The van der Waals surface area contributed by atoms with Crippen LogP contribution in [0.3, 0.4) is 0 Å². The lowest BCUT2D eigenvalue weighted by Gasteiger charge is -2.08. The summed E-state index contributed by atoms with van der Waals surface area (Å²) in [5.41, 5.74) is 1.83. The SMILES string of the molecule is CCOc1ccc(NCc2ccc(C(F)F)cc2)cn1. The zero-order chi connectivity index (χ0) is 14.4. The average molecular weight is 278 g/mol. The fourth-order valence-corrected chi connectivity index (χ4v) is 1.70. The summed E-state index contributed by atoms with van der Waals surface area (Å²) in [6.45, 7) is 3.03. The van der Waals surface area contributed by atoms with Gasteiger partial charge in [-0.15, -0.1) is 0 Å². The zero-order valence-electron chi connectivity index (χ0n) is 11.1. The summed E-state index contributed by atoms with van der Waals surface area (Å²) in [6.07, 6.45) is -0.745. The lowest BCUT2D eigenvalue weighted by molar-refractivity contribution is 0.151. The van der Waals surface area contributed by atoms with Crippen molar-refractivity contribution in [2.75, 3.05) is 11.9 Å². The molecular weight excluding hydrogens is 262 g/mol. The monoisotopic (exact) mass is 278 g/mol. The van der Waals surface area contributed by atoms with E-state index in [2.05, 4.69) is 10.3 Å². The molecule has 1 heterocycles. The Balaban J connectivity index is 1.91. The average Bonchev–Trinajstić information content (AvgIpc) is 2.47. The molecule has 106 valence electrons. The maximum absolute atomic E-state index is 12.4. The summed E-state index contributed by atoms with van der Waals surface area (Å²) >= 11 is 0. The number of hydrogen-bond acceptors (Lipinski definition) is 3. The molecule has 0 bridgehead atoms. The number of pyridine rings is 1. The van der Waals surface area contributed by atoms with Gasteiger partial charge >= 0.3 is 0 Å². The van der Waals surface area contributed by atoms with Gasteiger partial charge in [0.1, 0.15) is 0 Å². The molecule has 0 amide bonds. The predicted molar refractivity (Wildman–Crippen MR) is 74.1 cm³/mol. The van der Waals surface area contributed by atoms with E-state index in [1.807, 2.05) is 13.0 Å². The van der Waals surface area contributed by atoms with E-state index in [1.165, 1.54) is 12.1 Å². The summed E-state index contributed by atoms with van der Waals surface area (Å²) < 4.78 is 30.1. The van der Waals surface area contributed by atoms with Gasteiger partial charge in [-0.25, -0.2) is 13.8 Å². The van der Waals surface area contributed by atoms with Crippen LogP contribution in [0.4, 0.5) is 14.5 Å². The molecule has 0 atom stereocenters. The van der Waals surface area contributed by atoms with Gasteiger partial charge in [0, 0.05) is 18.2 Å². The molecule has 0 saturated heterocycles. The van der Waals surface area contributed by atoms with Crippen molar-refractivity contribution in [3.05, 3.63) is 53.7 Å². The van der Waals surface area contributed by atoms with Crippen molar-refractivity contribution in [3.8, 4) is 5.88 Å². The molecule has 2 rings (SSSR count). The number of ether oxygens (including phenoxy) is 1. The summed E-state index contributed by atoms with van der Waals surface area (Å²) in [5, 5.41) is 3.17. The molecule has 2 aromatic rings. The third kappa shape index (κ3) is 3.91. The summed E-state index contributed by atoms with van der Waals surface area (Å²) in [4.78, 5) is 4.13. The topological polar surface area (TPSA) is 34.1 Å². The Morgan fingerprint density at radius 3 is 2.45 bits per heavy atom. The summed E-state index contributed by atoms with van der Waals surface area (Å²) in [5.74, 6) is 0.583. The molecule has 0 aliphatic heterocycles. The first-order valence-electron chi connectivity index (χ1n) is 6.38. The number of nitrogens with one attached hydrogen (secondary N) is 1. The van der Waals surface area contributed by atoms with E-state index in [0.29, 0.717) is 19.0 Å². The van der Waals surface area contributed by atoms with Crippen LogP contribution in [0, 0.1) is 0 Å². The van der Waals surface area contributed by atoms with Gasteiger partial charge in [0.15, 0.2) is 0 Å². The van der Waals surface area contributed by atoms with E-state index in [9.17, 15) is 8.78 Å². The number of nitrogens with zero attached hydrogens (tertiary/aromatic N) is 1. The molecule has 1 N–H and O–H groups in total. The van der Waals surface area contributed by atoms with Crippen LogP contribution in [-0.2, 0) is 6.54 Å². The van der Waals surface area contributed by atoms with Crippen molar-refractivity contribution < 1.29 is 13.5 Å². The predicted octanol–water partition coefficient (Wildman–Crippen LogP) is 4.03. The highest BCUT2D eigenvalue weighted by molar-refractivity contribution is 5.42. The van der Waals surface area contributed by atoms with Gasteiger partial charge in [-0.1, -0.05) is 24.3 Å². The van der Waals surface area contributed by atoms with Crippen LogP contribution in [0.2, 0.25) is 0 Å². The van der Waals surface area contributed by atoms with Gasteiger partial charge in [-0.3, -0.25) is 0 Å². The Morgan fingerprint density at radius 1 is 1.15 bits per heavy atom. The molecule has 5 heteroatoms. The van der Waals surface area contributed by atoms with Gasteiger partial charge in [-0.05, 0) is 18.6 Å². The fraction of sp³-hybridized carbons (Fsp3) is 0.267. The molecule has 0 fully saturated rings. The van der Waals surface area contributed by atoms with Crippen LogP contribution in [-0.4, -0.2) is 11.6 Å². The van der Waals surface area contributed by atoms with E-state index in [-0.39, 0.29) is 5.56 Å². The van der Waals surface area contributed by atoms with Crippen molar-refractivity contribution in [2.45, 2.75) is 19.9 Å². The number of halogens is 2. The van der Waals surface area contributed by atoms with Crippen molar-refractivity contribution in [1.29, 1.82) is 0 Å². The molecule has 0 aliphatic carbocycles. The van der Waals surface area contributed by atoms with E-state index < -0.39 is 6.43 Å². The Morgan fingerprint density at radius 2 is 1.90 bits per heavy atom. The second kappa shape index (κ2) is 6.84. The Hall–Kier alpha value is -2.17. The van der Waals surface area contributed by atoms with Crippen LogP contribution in [0.15, 0.2) is 42.6 Å². The molecule has 1 aromatic heterocycles. The Labute approximate surface area is 116 Å². The highest BCUT2D eigenvalue weighted by atomic mass is 19.3. The van der Waals surface area contributed by atoms with E-state index in [0.717, 1.165) is 11.3 Å². The molecular formula is C15H16F2N2O. The lowest BCUT2D eigenvalue weighted by Crippen LogP contribution is -2.01. The molecule has 0 aliphatic rings. The van der Waals surface area contributed by atoms with Gasteiger partial charge in [0.2, 0.25) is 5.88 Å². The first-order chi connectivity index (χ1) is 9.69. The normalized spacial score (nSPS) is 10.6. The maximum Gasteiger partial charge on any atom is 0.263 e. The molecule has 3 nitrogen and oxygen atoms in total. The van der Waals surface area contributed by atoms with Crippen LogP contribution in [0.5, 0.6) is 5.88 Å². The maximum atomic E-state index is 12.4. The van der Waals surface area contributed by atoms with Gasteiger partial charge < -0.3 is 10.1 Å². The first kappa shape index (κ1) is 14.2. The third-order valence-corrected chi connectivity index (χ3v) is 2.76. The van der Waals surface area contributed by atoms with Crippen molar-refractivity contribution >= 4 is 5.69 Å². The summed E-state index contributed by atoms with van der Waals surface area (Å²) in [6, 6.07) is 9.92. The molecule has 0 saturated carbocycles. The quantitative estimate of drug-likeness (QED) is 0.866. The molecule has 1 aromatic carbocycles. The largest absolute Gasteiger partial charge is 0.478 e. The summed E-state index contributed by atoms with van der Waals surface area (Å²) in [7, 11) is 0. The standard InChI is InChI=1S/C15H16F2N2O/c1-2-20-14-8-7-13(10-19-14)18-9-11-3-5-12(6-4-11)15(16)17/h3-8,10,15,18H,2,9H2,1H3. The lowest BCUT2D eigenvalue weighted by atomic mass is 10.1. The van der Waals surface area contributed by atoms with E-state index in [1.54, 1.807) is 24.4 Å². The van der Waals surface area contributed by atoms with Crippen molar-refractivity contribution in [2.24, 2.45) is 0 Å². The van der Waals surface area contributed by atoms with Gasteiger partial charge in [-0.2, -0.15) is 0 Å². The third-order valence-electron chi connectivity index (χ3n) is 2.76. The number of alkyl halides is 2. The molecule has 20 heavy (non-hydrogen) atoms. The molecule has 0 unspecified atom stereocenters. The smallest absolute Gasteiger partial charge is 0.263 e. The minimum atomic E-state index is -2.42. The highest BCUT2D eigenvalue weighted by Crippen LogP contribution is 2.19. The second-order valence-corrected chi connectivity index (χ2v) is 4.21. The Kier molecular flexibility index (Phi) is 4.87. The van der Waals surface area contributed by atoms with Crippen LogP contribution >= 0.6 is 0 Å². The van der Waals surface area contributed by atoms with Crippen LogP contribution in [0.25, 0.3) is 0 Å². The zero-order valence-corrected chi connectivity index (χ0v) is 11.1. The number of anilines is 1. The van der Waals surface area contributed by atoms with Crippen LogP contribution < -0.4 is 10.1 Å². The fourth-order valence-electron chi connectivity index (χ4n) is 1.70. The van der Waals surface area contributed by atoms with Crippen molar-refractivity contribution in [3.63, 3.8) is 0 Å². The molecule has 0 radical (unpaired) electrons. The van der Waals surface area contributed by atoms with E-state index >= 15 is 0 Å². The minimum absolute atomic E-state index is 0.0384. The second-order valence-electron chi connectivity index (χ2n) is 4.21. The van der Waals surface area contributed by atoms with E-state index in [4.69, 9.17) is 4.74 Å². The highest BCUT2D eigenvalue weighted by Gasteiger charge is 2.05. The number of aromatic nitrogens is 1. The van der Waals surface area contributed by atoms with Gasteiger partial charge in [0.05, 0.1) is 18.5 Å². The first-order valence-corrected chi connectivity index (χ1v) is 6.38.